The van der Waals surface area contributed by atoms with Crippen molar-refractivity contribution in [2.75, 3.05) is 18.5 Å². The number of hydrogen-bond donors (Lipinski definition) is 1. The highest BCUT2D eigenvalue weighted by atomic mass is 16.6. The Kier molecular flexibility index (Phi) is 7.01. The lowest BCUT2D eigenvalue weighted by atomic mass is 10.2. The van der Waals surface area contributed by atoms with Gasteiger partial charge in [-0.25, -0.2) is 4.98 Å². The first kappa shape index (κ1) is 18.1. The van der Waals surface area contributed by atoms with Crippen molar-refractivity contribution in [2.45, 2.75) is 47.5 Å². The van der Waals surface area contributed by atoms with Crippen molar-refractivity contribution < 1.29 is 9.66 Å². The number of ether oxygens (including phenoxy) is 1. The SMILES string of the molecule is CCCc1nc(NCC(C)C)c([N+](=O)[O-])c(OCC(C)C)n1. The number of rotatable bonds is 9. The molecule has 1 rings (SSSR count). The van der Waals surface area contributed by atoms with Crippen molar-refractivity contribution in [2.24, 2.45) is 11.8 Å². The van der Waals surface area contributed by atoms with Crippen LogP contribution in [0.1, 0.15) is 46.9 Å². The molecule has 0 aliphatic carbocycles. The molecule has 22 heavy (non-hydrogen) atoms. The Balaban J connectivity index is 3.21. The smallest absolute Gasteiger partial charge is 0.372 e. The molecule has 1 aromatic rings. The fraction of sp³-hybridized carbons (Fsp3) is 0.733. The quantitative estimate of drug-likeness (QED) is 0.555. The summed E-state index contributed by atoms with van der Waals surface area (Å²) in [6, 6.07) is 0. The second-order valence-electron chi connectivity index (χ2n) is 6.13. The third kappa shape index (κ3) is 5.46. The van der Waals surface area contributed by atoms with E-state index in [4.69, 9.17) is 4.74 Å². The summed E-state index contributed by atoms with van der Waals surface area (Å²) in [5, 5.41) is 14.5. The van der Waals surface area contributed by atoms with E-state index >= 15 is 0 Å². The maximum absolute atomic E-state index is 11.4. The monoisotopic (exact) mass is 310 g/mol. The summed E-state index contributed by atoms with van der Waals surface area (Å²) in [4.78, 5) is 19.5. The molecule has 0 fully saturated rings. The van der Waals surface area contributed by atoms with Crippen molar-refractivity contribution >= 4 is 11.5 Å². The first-order chi connectivity index (χ1) is 10.3. The van der Waals surface area contributed by atoms with Crippen LogP contribution in [0.5, 0.6) is 5.88 Å². The van der Waals surface area contributed by atoms with Gasteiger partial charge in [0.25, 0.3) is 5.88 Å². The van der Waals surface area contributed by atoms with Gasteiger partial charge in [-0.05, 0) is 18.3 Å². The molecule has 1 N–H and O–H groups in total. The van der Waals surface area contributed by atoms with Crippen LogP contribution >= 0.6 is 0 Å². The first-order valence-corrected chi connectivity index (χ1v) is 7.77. The van der Waals surface area contributed by atoms with Crippen LogP contribution in [0.15, 0.2) is 0 Å². The van der Waals surface area contributed by atoms with Gasteiger partial charge < -0.3 is 10.1 Å². The number of anilines is 1. The number of nitrogens with one attached hydrogen (secondary N) is 1. The molecule has 0 saturated heterocycles. The van der Waals surface area contributed by atoms with Gasteiger partial charge >= 0.3 is 5.69 Å². The normalized spacial score (nSPS) is 11.0. The molecule has 0 aromatic carbocycles. The fourth-order valence-corrected chi connectivity index (χ4v) is 1.75. The Labute approximate surface area is 131 Å². The van der Waals surface area contributed by atoms with Crippen molar-refractivity contribution in [1.29, 1.82) is 0 Å². The average molecular weight is 310 g/mol. The summed E-state index contributed by atoms with van der Waals surface area (Å²) in [5.74, 6) is 1.48. The van der Waals surface area contributed by atoms with Crippen LogP contribution in [0, 0.1) is 22.0 Å². The Morgan fingerprint density at radius 2 is 1.91 bits per heavy atom. The average Bonchev–Trinajstić information content (AvgIpc) is 2.42. The molecule has 0 bridgehead atoms. The molecule has 0 atom stereocenters. The summed E-state index contributed by atoms with van der Waals surface area (Å²) in [5.41, 5.74) is -0.179. The molecule has 0 aliphatic heterocycles. The van der Waals surface area contributed by atoms with Crippen LogP contribution < -0.4 is 10.1 Å². The number of nitro groups is 1. The van der Waals surface area contributed by atoms with Gasteiger partial charge in [0, 0.05) is 13.0 Å². The van der Waals surface area contributed by atoms with Crippen LogP contribution in [-0.4, -0.2) is 28.0 Å². The molecule has 0 spiro atoms. The zero-order chi connectivity index (χ0) is 16.7. The van der Waals surface area contributed by atoms with E-state index < -0.39 is 4.92 Å². The molecule has 1 heterocycles. The van der Waals surface area contributed by atoms with Crippen LogP contribution in [0.4, 0.5) is 11.5 Å². The zero-order valence-corrected chi connectivity index (χ0v) is 14.0. The van der Waals surface area contributed by atoms with Gasteiger partial charge in [0.1, 0.15) is 5.82 Å². The lowest BCUT2D eigenvalue weighted by molar-refractivity contribution is -0.385. The summed E-state index contributed by atoms with van der Waals surface area (Å²) in [6.07, 6.45) is 1.53. The minimum atomic E-state index is -0.478. The largest absolute Gasteiger partial charge is 0.472 e. The molecule has 0 saturated carbocycles. The van der Waals surface area contributed by atoms with Crippen LogP contribution in [0.2, 0.25) is 0 Å². The highest BCUT2D eigenvalue weighted by Gasteiger charge is 2.26. The van der Waals surface area contributed by atoms with Crippen LogP contribution in [0.3, 0.4) is 0 Å². The first-order valence-electron chi connectivity index (χ1n) is 7.77. The standard InChI is InChI=1S/C15H26N4O3/c1-6-7-12-17-14(16-8-10(2)3)13(19(20)21)15(18-12)22-9-11(4)5/h10-11H,6-9H2,1-5H3,(H,16,17,18). The summed E-state index contributed by atoms with van der Waals surface area (Å²) in [6.45, 7) is 11.0. The molecule has 0 aliphatic rings. The highest BCUT2D eigenvalue weighted by molar-refractivity contribution is 5.61. The van der Waals surface area contributed by atoms with Crippen molar-refractivity contribution in [1.82, 2.24) is 9.97 Å². The molecule has 0 unspecified atom stereocenters. The number of aryl methyl sites for hydroxylation is 1. The van der Waals surface area contributed by atoms with E-state index in [-0.39, 0.29) is 23.3 Å². The zero-order valence-electron chi connectivity index (χ0n) is 14.0. The van der Waals surface area contributed by atoms with Crippen LogP contribution in [0.25, 0.3) is 0 Å². The molecule has 0 radical (unpaired) electrons. The molecule has 1 aromatic heterocycles. The summed E-state index contributed by atoms with van der Waals surface area (Å²) >= 11 is 0. The third-order valence-corrected chi connectivity index (χ3v) is 2.79. The second-order valence-corrected chi connectivity index (χ2v) is 6.13. The van der Waals surface area contributed by atoms with Gasteiger partial charge in [0.2, 0.25) is 5.82 Å². The van der Waals surface area contributed by atoms with Gasteiger partial charge in [0.05, 0.1) is 11.5 Å². The van der Waals surface area contributed by atoms with Gasteiger partial charge in [-0.15, -0.1) is 0 Å². The van der Waals surface area contributed by atoms with E-state index in [1.165, 1.54) is 0 Å². The molecule has 7 nitrogen and oxygen atoms in total. The topological polar surface area (TPSA) is 90.2 Å². The predicted molar refractivity (Wildman–Crippen MR) is 86.3 cm³/mol. The maximum atomic E-state index is 11.4. The van der Waals surface area contributed by atoms with Gasteiger partial charge in [-0.3, -0.25) is 10.1 Å². The third-order valence-electron chi connectivity index (χ3n) is 2.79. The van der Waals surface area contributed by atoms with E-state index in [0.29, 0.717) is 31.3 Å². The molecular weight excluding hydrogens is 284 g/mol. The van der Waals surface area contributed by atoms with E-state index in [1.807, 2.05) is 34.6 Å². The van der Waals surface area contributed by atoms with Gasteiger partial charge in [-0.1, -0.05) is 34.6 Å². The lowest BCUT2D eigenvalue weighted by Crippen LogP contribution is -2.15. The Hall–Kier alpha value is -1.92. The molecule has 0 amide bonds. The van der Waals surface area contributed by atoms with E-state index in [1.54, 1.807) is 0 Å². The van der Waals surface area contributed by atoms with Crippen LogP contribution in [-0.2, 0) is 6.42 Å². The minimum Gasteiger partial charge on any atom is -0.472 e. The summed E-state index contributed by atoms with van der Waals surface area (Å²) in [7, 11) is 0. The number of hydrogen-bond acceptors (Lipinski definition) is 6. The fourth-order valence-electron chi connectivity index (χ4n) is 1.75. The summed E-state index contributed by atoms with van der Waals surface area (Å²) < 4.78 is 5.56. The molecule has 7 heteroatoms. The molecule has 124 valence electrons. The Bertz CT molecular complexity index is 471. The Morgan fingerprint density at radius 3 is 2.41 bits per heavy atom. The number of nitrogens with zero attached hydrogens (tertiary/aromatic N) is 3. The molecular formula is C15H26N4O3. The van der Waals surface area contributed by atoms with E-state index in [0.717, 1.165) is 6.42 Å². The lowest BCUT2D eigenvalue weighted by Gasteiger charge is -2.13. The van der Waals surface area contributed by atoms with Crippen molar-refractivity contribution in [3.8, 4) is 5.88 Å². The van der Waals surface area contributed by atoms with Crippen molar-refractivity contribution in [3.05, 3.63) is 15.9 Å². The van der Waals surface area contributed by atoms with E-state index in [2.05, 4.69) is 15.3 Å². The van der Waals surface area contributed by atoms with Gasteiger partial charge in [0.15, 0.2) is 0 Å². The van der Waals surface area contributed by atoms with Gasteiger partial charge in [-0.2, -0.15) is 4.98 Å². The van der Waals surface area contributed by atoms with Crippen molar-refractivity contribution in [3.63, 3.8) is 0 Å². The predicted octanol–water partition coefficient (Wildman–Crippen LogP) is 3.44. The highest BCUT2D eigenvalue weighted by Crippen LogP contribution is 2.32. The minimum absolute atomic E-state index is 0.0587. The maximum Gasteiger partial charge on any atom is 0.372 e. The Morgan fingerprint density at radius 1 is 1.23 bits per heavy atom. The number of aromatic nitrogens is 2. The van der Waals surface area contributed by atoms with E-state index in [9.17, 15) is 10.1 Å². The second kappa shape index (κ2) is 8.51.